The Bertz CT molecular complexity index is 642. The number of anilines is 1. The first-order valence-corrected chi connectivity index (χ1v) is 5.41. The van der Waals surface area contributed by atoms with Crippen LogP contribution in [0.15, 0.2) is 35.1 Å². The highest BCUT2D eigenvalue weighted by Gasteiger charge is 2.11. The van der Waals surface area contributed by atoms with Crippen molar-refractivity contribution in [1.82, 2.24) is 5.16 Å². The molecule has 0 fully saturated rings. The molecule has 1 heterocycles. The molecule has 0 atom stereocenters. The van der Waals surface area contributed by atoms with Crippen LogP contribution in [0.5, 0.6) is 0 Å². The lowest BCUT2D eigenvalue weighted by atomic mass is 10.2. The third-order valence-electron chi connectivity index (χ3n) is 2.22. The maximum atomic E-state index is 13.7. The summed E-state index contributed by atoms with van der Waals surface area (Å²) in [6, 6.07) is 5.62. The summed E-state index contributed by atoms with van der Waals surface area (Å²) in [5.74, 6) is 4.18. The van der Waals surface area contributed by atoms with Crippen molar-refractivity contribution in [2.75, 3.05) is 11.9 Å². The molecule has 0 saturated carbocycles. The van der Waals surface area contributed by atoms with E-state index in [-0.39, 0.29) is 17.9 Å². The van der Waals surface area contributed by atoms with Crippen LogP contribution >= 0.6 is 0 Å². The maximum absolute atomic E-state index is 13.7. The first-order valence-electron chi connectivity index (χ1n) is 5.41. The lowest BCUT2D eigenvalue weighted by Crippen LogP contribution is -2.13. The molecule has 0 unspecified atom stereocenters. The lowest BCUT2D eigenvalue weighted by Gasteiger charge is -2.04. The molecule has 0 aliphatic carbocycles. The quantitative estimate of drug-likeness (QED) is 0.798. The van der Waals surface area contributed by atoms with E-state index in [1.165, 1.54) is 24.5 Å². The number of benzene rings is 1. The Morgan fingerprint density at radius 2 is 2.32 bits per heavy atom. The average Bonchev–Trinajstić information content (AvgIpc) is 2.93. The number of nitrogens with zero attached hydrogens (tertiary/aromatic N) is 1. The van der Waals surface area contributed by atoms with Crippen molar-refractivity contribution in [1.29, 1.82) is 0 Å². The molecule has 0 saturated heterocycles. The molecule has 6 heteroatoms. The molecule has 1 amide bonds. The molecule has 96 valence electrons. The Hall–Kier alpha value is -2.65. The first kappa shape index (κ1) is 12.8. The highest BCUT2D eigenvalue weighted by molar-refractivity contribution is 6.02. The van der Waals surface area contributed by atoms with E-state index in [1.54, 1.807) is 6.07 Å². The number of amides is 1. The second kappa shape index (κ2) is 5.80. The normalized spacial score (nSPS) is 9.58. The zero-order chi connectivity index (χ0) is 13.7. The van der Waals surface area contributed by atoms with Crippen molar-refractivity contribution in [2.24, 2.45) is 5.73 Å². The highest BCUT2D eigenvalue weighted by Crippen LogP contribution is 2.16. The van der Waals surface area contributed by atoms with E-state index in [4.69, 9.17) is 5.73 Å². The fourth-order valence-electron chi connectivity index (χ4n) is 1.36. The van der Waals surface area contributed by atoms with Crippen molar-refractivity contribution in [3.05, 3.63) is 47.6 Å². The van der Waals surface area contributed by atoms with Gasteiger partial charge in [0.2, 0.25) is 0 Å². The van der Waals surface area contributed by atoms with Gasteiger partial charge < -0.3 is 15.6 Å². The second-order valence-corrected chi connectivity index (χ2v) is 3.54. The van der Waals surface area contributed by atoms with Gasteiger partial charge in [0, 0.05) is 11.6 Å². The van der Waals surface area contributed by atoms with Crippen LogP contribution in [0.1, 0.15) is 16.1 Å². The van der Waals surface area contributed by atoms with E-state index >= 15 is 0 Å². The Labute approximate surface area is 108 Å². The summed E-state index contributed by atoms with van der Waals surface area (Å²) in [4.78, 5) is 11.6. The van der Waals surface area contributed by atoms with Gasteiger partial charge in [0.25, 0.3) is 5.91 Å². The third-order valence-corrected chi connectivity index (χ3v) is 2.22. The first-order chi connectivity index (χ1) is 9.20. The zero-order valence-corrected chi connectivity index (χ0v) is 9.81. The Kier molecular flexibility index (Phi) is 3.90. The van der Waals surface area contributed by atoms with Crippen molar-refractivity contribution >= 4 is 11.6 Å². The highest BCUT2D eigenvalue weighted by atomic mass is 19.1. The number of hydrogen-bond acceptors (Lipinski definition) is 4. The van der Waals surface area contributed by atoms with Crippen LogP contribution in [0.2, 0.25) is 0 Å². The van der Waals surface area contributed by atoms with Gasteiger partial charge >= 0.3 is 0 Å². The van der Waals surface area contributed by atoms with E-state index in [0.29, 0.717) is 5.56 Å². The minimum Gasteiger partial charge on any atom is -0.364 e. The number of hydrogen-bond donors (Lipinski definition) is 2. The molecule has 0 spiro atoms. The molecule has 0 bridgehead atoms. The molecule has 0 radical (unpaired) electrons. The van der Waals surface area contributed by atoms with Gasteiger partial charge in [-0.25, -0.2) is 4.39 Å². The Morgan fingerprint density at radius 3 is 2.95 bits per heavy atom. The van der Waals surface area contributed by atoms with Crippen molar-refractivity contribution in [3.63, 3.8) is 0 Å². The van der Waals surface area contributed by atoms with Crippen LogP contribution in [0, 0.1) is 17.7 Å². The molecular formula is C13H10FN3O2. The maximum Gasteiger partial charge on any atom is 0.277 e. The molecule has 2 rings (SSSR count). The summed E-state index contributed by atoms with van der Waals surface area (Å²) in [7, 11) is 0. The van der Waals surface area contributed by atoms with Crippen molar-refractivity contribution < 1.29 is 13.7 Å². The van der Waals surface area contributed by atoms with Gasteiger partial charge in [0.1, 0.15) is 12.1 Å². The largest absolute Gasteiger partial charge is 0.364 e. The van der Waals surface area contributed by atoms with Gasteiger partial charge in [0.05, 0.1) is 12.2 Å². The van der Waals surface area contributed by atoms with Crippen molar-refractivity contribution in [2.45, 2.75) is 0 Å². The molecular weight excluding hydrogens is 249 g/mol. The second-order valence-electron chi connectivity index (χ2n) is 3.54. The fourth-order valence-corrected chi connectivity index (χ4v) is 1.36. The summed E-state index contributed by atoms with van der Waals surface area (Å²) < 4.78 is 18.3. The monoisotopic (exact) mass is 259 g/mol. The summed E-state index contributed by atoms with van der Waals surface area (Å²) in [6.07, 6.45) is 1.26. The molecule has 0 aliphatic rings. The average molecular weight is 259 g/mol. The predicted octanol–water partition coefficient (Wildman–Crippen LogP) is 1.38. The number of aromatic nitrogens is 1. The van der Waals surface area contributed by atoms with E-state index < -0.39 is 11.7 Å². The topological polar surface area (TPSA) is 81.1 Å². The van der Waals surface area contributed by atoms with Crippen LogP contribution in [0.4, 0.5) is 10.1 Å². The number of carbonyl (C=O) groups excluding carboxylic acids is 1. The Balaban J connectivity index is 2.15. The number of rotatable bonds is 2. The zero-order valence-electron chi connectivity index (χ0n) is 9.81. The van der Waals surface area contributed by atoms with Gasteiger partial charge in [-0.05, 0) is 18.2 Å². The number of halogens is 1. The number of nitrogens with one attached hydrogen (secondary N) is 1. The van der Waals surface area contributed by atoms with Gasteiger partial charge in [-0.3, -0.25) is 4.79 Å². The SMILES string of the molecule is NCC#Cc1ccc(NC(=O)c2ccon2)c(F)c1. The van der Waals surface area contributed by atoms with Crippen LogP contribution in [0.3, 0.4) is 0 Å². The van der Waals surface area contributed by atoms with Gasteiger partial charge in [-0.15, -0.1) is 0 Å². The summed E-state index contributed by atoms with van der Waals surface area (Å²) >= 11 is 0. The summed E-state index contributed by atoms with van der Waals surface area (Å²) in [6.45, 7) is 0.201. The summed E-state index contributed by atoms with van der Waals surface area (Å²) in [5.41, 5.74) is 5.84. The minimum absolute atomic E-state index is 0.0475. The molecule has 1 aromatic carbocycles. The predicted molar refractivity (Wildman–Crippen MR) is 66.8 cm³/mol. The van der Waals surface area contributed by atoms with Gasteiger partial charge in [0.15, 0.2) is 5.69 Å². The fraction of sp³-hybridized carbons (Fsp3) is 0.0769. The number of nitrogens with two attached hydrogens (primary N) is 1. The smallest absolute Gasteiger partial charge is 0.277 e. The van der Waals surface area contributed by atoms with E-state index in [9.17, 15) is 9.18 Å². The van der Waals surface area contributed by atoms with Gasteiger partial charge in [-0.2, -0.15) is 0 Å². The lowest BCUT2D eigenvalue weighted by molar-refractivity contribution is 0.101. The van der Waals surface area contributed by atoms with E-state index in [0.717, 1.165) is 0 Å². The van der Waals surface area contributed by atoms with Crippen LogP contribution in [-0.2, 0) is 0 Å². The molecule has 1 aromatic heterocycles. The molecule has 5 nitrogen and oxygen atoms in total. The van der Waals surface area contributed by atoms with Crippen LogP contribution < -0.4 is 11.1 Å². The molecule has 2 aromatic rings. The minimum atomic E-state index is -0.583. The Morgan fingerprint density at radius 1 is 1.47 bits per heavy atom. The van der Waals surface area contributed by atoms with E-state index in [2.05, 4.69) is 26.8 Å². The van der Waals surface area contributed by atoms with Gasteiger partial charge in [-0.1, -0.05) is 17.0 Å². The standard InChI is InChI=1S/C13H10FN3O2/c14-10-8-9(2-1-6-15)3-4-11(10)16-13(18)12-5-7-19-17-12/h3-5,7-8H,6,15H2,(H,16,18). The van der Waals surface area contributed by atoms with Crippen LogP contribution in [0.25, 0.3) is 0 Å². The van der Waals surface area contributed by atoms with E-state index in [1.807, 2.05) is 0 Å². The number of carbonyl (C=O) groups is 1. The van der Waals surface area contributed by atoms with Crippen molar-refractivity contribution in [3.8, 4) is 11.8 Å². The molecule has 3 N–H and O–H groups in total. The molecule has 0 aliphatic heterocycles. The third kappa shape index (κ3) is 3.18. The molecule has 19 heavy (non-hydrogen) atoms. The summed E-state index contributed by atoms with van der Waals surface area (Å²) in [5, 5.41) is 5.84. The van der Waals surface area contributed by atoms with Crippen LogP contribution in [-0.4, -0.2) is 17.6 Å².